The summed E-state index contributed by atoms with van der Waals surface area (Å²) in [6.07, 6.45) is 1.56. The first-order chi connectivity index (χ1) is 8.99. The Hall–Kier alpha value is -2.63. The van der Waals surface area contributed by atoms with Gasteiger partial charge >= 0.3 is 11.9 Å². The molecule has 0 aromatic heterocycles. The van der Waals surface area contributed by atoms with Crippen LogP contribution in [0.5, 0.6) is 0 Å². The lowest BCUT2D eigenvalue weighted by molar-refractivity contribution is -0.141. The van der Waals surface area contributed by atoms with E-state index in [9.17, 15) is 14.4 Å². The minimum Gasteiger partial charge on any atom is -0.480 e. The lowest BCUT2D eigenvalue weighted by atomic mass is 10.1. The van der Waals surface area contributed by atoms with Crippen molar-refractivity contribution in [1.82, 2.24) is 5.32 Å². The second kappa shape index (κ2) is 6.95. The average molecular weight is 263 g/mol. The predicted octanol–water partition coefficient (Wildman–Crippen LogP) is 0.439. The van der Waals surface area contributed by atoms with Crippen molar-refractivity contribution >= 4 is 17.8 Å². The number of carboxylic acid groups (broad SMARTS) is 2. The van der Waals surface area contributed by atoms with Crippen molar-refractivity contribution in [2.45, 2.75) is 12.5 Å². The van der Waals surface area contributed by atoms with Gasteiger partial charge in [0.15, 0.2) is 0 Å². The number of benzene rings is 1. The maximum absolute atomic E-state index is 11.3. The monoisotopic (exact) mass is 263 g/mol. The van der Waals surface area contributed by atoms with E-state index in [4.69, 9.17) is 10.2 Å². The Kier molecular flexibility index (Phi) is 5.28. The van der Waals surface area contributed by atoms with Crippen LogP contribution < -0.4 is 5.32 Å². The molecule has 100 valence electrons. The molecule has 0 heterocycles. The fourth-order valence-electron chi connectivity index (χ4n) is 1.42. The van der Waals surface area contributed by atoms with Crippen LogP contribution in [0.4, 0.5) is 0 Å². The topological polar surface area (TPSA) is 104 Å². The van der Waals surface area contributed by atoms with Crippen molar-refractivity contribution in [1.29, 1.82) is 0 Å². The highest BCUT2D eigenvalue weighted by molar-refractivity contribution is 5.95. The zero-order chi connectivity index (χ0) is 14.3. The van der Waals surface area contributed by atoms with Crippen LogP contribution in [0.2, 0.25) is 0 Å². The van der Waals surface area contributed by atoms with Crippen molar-refractivity contribution < 1.29 is 24.6 Å². The maximum Gasteiger partial charge on any atom is 0.328 e. The lowest BCUT2D eigenvalue weighted by Gasteiger charge is -2.13. The van der Waals surface area contributed by atoms with Gasteiger partial charge < -0.3 is 15.5 Å². The predicted molar refractivity (Wildman–Crippen MR) is 66.5 cm³/mol. The van der Waals surface area contributed by atoms with Gasteiger partial charge in [-0.25, -0.2) is 9.59 Å². The summed E-state index contributed by atoms with van der Waals surface area (Å²) in [5.41, 5.74) is 0.761. The van der Waals surface area contributed by atoms with Crippen LogP contribution >= 0.6 is 0 Å². The van der Waals surface area contributed by atoms with E-state index < -0.39 is 23.9 Å². The number of hydrogen-bond acceptors (Lipinski definition) is 3. The molecule has 0 saturated carbocycles. The summed E-state index contributed by atoms with van der Waals surface area (Å²) in [6, 6.07) is 7.71. The summed E-state index contributed by atoms with van der Waals surface area (Å²) in [6.45, 7) is 0. The zero-order valence-corrected chi connectivity index (χ0v) is 9.95. The summed E-state index contributed by atoms with van der Waals surface area (Å²) >= 11 is 0. The van der Waals surface area contributed by atoms with Crippen LogP contribution in [-0.2, 0) is 20.8 Å². The van der Waals surface area contributed by atoms with Crippen LogP contribution in [0.15, 0.2) is 42.5 Å². The van der Waals surface area contributed by atoms with Crippen molar-refractivity contribution in [3.8, 4) is 0 Å². The molecule has 1 aromatic rings. The molecule has 0 aliphatic heterocycles. The Balaban J connectivity index is 2.66. The van der Waals surface area contributed by atoms with Gasteiger partial charge in [0.1, 0.15) is 6.04 Å². The molecule has 0 aliphatic carbocycles. The molecule has 0 radical (unpaired) electrons. The van der Waals surface area contributed by atoms with Crippen molar-refractivity contribution in [2.24, 2.45) is 0 Å². The number of amides is 1. The number of aliphatic carboxylic acids is 2. The second-order valence-corrected chi connectivity index (χ2v) is 3.76. The van der Waals surface area contributed by atoms with Crippen LogP contribution in [0, 0.1) is 0 Å². The van der Waals surface area contributed by atoms with Crippen molar-refractivity contribution in [3.05, 3.63) is 48.0 Å². The molecule has 3 N–H and O–H groups in total. The summed E-state index contributed by atoms with van der Waals surface area (Å²) in [4.78, 5) is 32.6. The minimum absolute atomic E-state index is 0.128. The van der Waals surface area contributed by atoms with Gasteiger partial charge in [-0.1, -0.05) is 30.3 Å². The third-order valence-electron chi connectivity index (χ3n) is 2.27. The number of carbonyl (C=O) groups is 3. The molecule has 1 amide bonds. The first-order valence-electron chi connectivity index (χ1n) is 5.47. The van der Waals surface area contributed by atoms with Crippen LogP contribution in [0.3, 0.4) is 0 Å². The second-order valence-electron chi connectivity index (χ2n) is 3.76. The fraction of sp³-hybridized carbons (Fsp3) is 0.154. The van der Waals surface area contributed by atoms with E-state index in [2.05, 4.69) is 5.32 Å². The molecule has 0 fully saturated rings. The zero-order valence-electron chi connectivity index (χ0n) is 9.95. The van der Waals surface area contributed by atoms with Gasteiger partial charge in [-0.3, -0.25) is 4.79 Å². The molecule has 6 nitrogen and oxygen atoms in total. The molecule has 19 heavy (non-hydrogen) atoms. The van der Waals surface area contributed by atoms with Gasteiger partial charge in [0, 0.05) is 18.6 Å². The standard InChI is InChI=1S/C13H13NO5/c15-11(6-7-12(16)17)14-10(13(18)19)8-9-4-2-1-3-5-9/h1-7,10H,8H2,(H,14,15)(H,16,17)(H,18,19)/b7-6+. The normalized spacial score (nSPS) is 12.0. The number of nitrogens with one attached hydrogen (secondary N) is 1. The molecular weight excluding hydrogens is 250 g/mol. The van der Waals surface area contributed by atoms with E-state index in [0.717, 1.165) is 11.6 Å². The van der Waals surface area contributed by atoms with Gasteiger partial charge in [-0.15, -0.1) is 0 Å². The van der Waals surface area contributed by atoms with Crippen LogP contribution in [0.25, 0.3) is 0 Å². The lowest BCUT2D eigenvalue weighted by Crippen LogP contribution is -2.41. The Labute approximate surface area is 109 Å². The highest BCUT2D eigenvalue weighted by Crippen LogP contribution is 2.03. The molecule has 6 heteroatoms. The molecular formula is C13H13NO5. The van der Waals surface area contributed by atoms with E-state index in [0.29, 0.717) is 6.08 Å². The van der Waals surface area contributed by atoms with Gasteiger partial charge in [0.25, 0.3) is 0 Å². The number of hydrogen-bond donors (Lipinski definition) is 3. The molecule has 1 atom stereocenters. The van der Waals surface area contributed by atoms with E-state index in [1.165, 1.54) is 0 Å². The first-order valence-corrected chi connectivity index (χ1v) is 5.47. The average Bonchev–Trinajstić information content (AvgIpc) is 2.36. The molecule has 0 saturated heterocycles. The minimum atomic E-state index is -1.27. The number of carbonyl (C=O) groups excluding carboxylic acids is 1. The Morgan fingerprint density at radius 3 is 2.26 bits per heavy atom. The van der Waals surface area contributed by atoms with Gasteiger partial charge in [0.05, 0.1) is 0 Å². The van der Waals surface area contributed by atoms with Crippen molar-refractivity contribution in [3.63, 3.8) is 0 Å². The summed E-state index contributed by atoms with van der Waals surface area (Å²) in [5, 5.41) is 19.6. The summed E-state index contributed by atoms with van der Waals surface area (Å²) in [7, 11) is 0. The molecule has 0 aliphatic rings. The Morgan fingerprint density at radius 2 is 1.74 bits per heavy atom. The Morgan fingerprint density at radius 1 is 1.11 bits per heavy atom. The largest absolute Gasteiger partial charge is 0.480 e. The fourth-order valence-corrected chi connectivity index (χ4v) is 1.42. The van der Waals surface area contributed by atoms with E-state index in [1.807, 2.05) is 0 Å². The van der Waals surface area contributed by atoms with Gasteiger partial charge in [-0.2, -0.15) is 0 Å². The molecule has 1 aromatic carbocycles. The highest BCUT2D eigenvalue weighted by Gasteiger charge is 2.19. The van der Waals surface area contributed by atoms with E-state index in [-0.39, 0.29) is 6.42 Å². The van der Waals surface area contributed by atoms with Crippen LogP contribution in [0.1, 0.15) is 5.56 Å². The van der Waals surface area contributed by atoms with E-state index in [1.54, 1.807) is 30.3 Å². The third-order valence-corrected chi connectivity index (χ3v) is 2.27. The van der Waals surface area contributed by atoms with Crippen molar-refractivity contribution in [2.75, 3.05) is 0 Å². The Bertz CT molecular complexity index is 495. The summed E-state index contributed by atoms with van der Waals surface area (Å²) in [5.74, 6) is -3.21. The molecule has 0 spiro atoms. The van der Waals surface area contributed by atoms with Crippen LogP contribution in [-0.4, -0.2) is 34.1 Å². The first kappa shape index (κ1) is 14.4. The molecule has 1 unspecified atom stereocenters. The summed E-state index contributed by atoms with van der Waals surface area (Å²) < 4.78 is 0. The molecule has 1 rings (SSSR count). The van der Waals surface area contributed by atoms with Gasteiger partial charge in [0.2, 0.25) is 5.91 Å². The third kappa shape index (κ3) is 5.49. The number of rotatable bonds is 6. The SMILES string of the molecule is O=C(O)/C=C/C(=O)NC(Cc1ccccc1)C(=O)O. The number of carboxylic acids is 2. The highest BCUT2D eigenvalue weighted by atomic mass is 16.4. The molecule has 0 bridgehead atoms. The van der Waals surface area contributed by atoms with E-state index >= 15 is 0 Å². The maximum atomic E-state index is 11.3. The quantitative estimate of drug-likeness (QED) is 0.646. The van der Waals surface area contributed by atoms with Gasteiger partial charge in [-0.05, 0) is 5.56 Å². The smallest absolute Gasteiger partial charge is 0.328 e.